The van der Waals surface area contributed by atoms with Gasteiger partial charge < -0.3 is 24.8 Å². The van der Waals surface area contributed by atoms with Crippen molar-refractivity contribution in [2.45, 2.75) is 123 Å². The van der Waals surface area contributed by atoms with Gasteiger partial charge in [-0.3, -0.25) is 29.0 Å². The third-order valence-corrected chi connectivity index (χ3v) is 16.7. The number of hydrogen-bond acceptors (Lipinski definition) is 9. The fourth-order valence-corrected chi connectivity index (χ4v) is 12.5. The van der Waals surface area contributed by atoms with E-state index in [0.29, 0.717) is 41.7 Å². The summed E-state index contributed by atoms with van der Waals surface area (Å²) in [5, 5.41) is 9.33. The molecule has 4 N–H and O–H groups in total. The topological polar surface area (TPSA) is 172 Å². The Bertz CT molecular complexity index is 2340. The van der Waals surface area contributed by atoms with Crippen LogP contribution in [-0.4, -0.2) is 83.1 Å². The number of carbonyl (C=O) groups excluding carboxylic acids is 4. The Labute approximate surface area is 383 Å². The van der Waals surface area contributed by atoms with Crippen LogP contribution < -0.4 is 32.0 Å². The van der Waals surface area contributed by atoms with Crippen LogP contribution in [0.1, 0.15) is 106 Å². The molecule has 13 nitrogen and oxygen atoms in total. The predicted molar refractivity (Wildman–Crippen MR) is 255 cm³/mol. The number of amides is 3. The number of H-pyrrole nitrogens is 1. The fourth-order valence-electron chi connectivity index (χ4n) is 7.78. The van der Waals surface area contributed by atoms with Crippen LogP contribution in [0.3, 0.4) is 0 Å². The molecule has 3 aromatic carbocycles. The molecule has 5 rings (SSSR count). The number of nitrogens with zero attached hydrogens (tertiary/aromatic N) is 2. The van der Waals surface area contributed by atoms with E-state index >= 15 is 0 Å². The highest BCUT2D eigenvalue weighted by molar-refractivity contribution is 6.99. The Morgan fingerprint density at radius 1 is 0.906 bits per heavy atom. The summed E-state index contributed by atoms with van der Waals surface area (Å²) in [4.78, 5) is 74.2. The number of halogens is 1. The van der Waals surface area contributed by atoms with E-state index in [2.05, 4.69) is 66.1 Å². The first kappa shape index (κ1) is 49.9. The summed E-state index contributed by atoms with van der Waals surface area (Å²) in [5.41, 5.74) is 2.76. The number of benzene rings is 3. The number of hydrazine groups is 1. The van der Waals surface area contributed by atoms with E-state index in [9.17, 15) is 24.0 Å². The standard InChI is InChI=1S/C49H65ClN6O7Si/c1-31(2)40(43(58)51-32(3)44(59)56-28-18-23-38(55-56)45(60)62-30-49(10,11)50)53-46(61)48(8,9)27-26-34-24-25-37-39(29-34)52-41(54-42(37)57)33(4)63-64(47(5,6)7,35-19-14-12-15-20-35)36-21-16-13-17-22-36/h12-17,19-22,24-27,29,31-33,38,40,55H,18,23,28,30H2,1-11H3,(H,51,58)(H,53,61)(H,52,54,57)/b27-26+/t32-,33+,38-,40-/m0/s1. The second kappa shape index (κ2) is 20.3. The minimum atomic E-state index is -2.97. The summed E-state index contributed by atoms with van der Waals surface area (Å²) in [7, 11) is -2.97. The summed E-state index contributed by atoms with van der Waals surface area (Å²) in [6, 6.07) is 23.2. The zero-order valence-electron chi connectivity index (χ0n) is 39.0. The first-order valence-electron chi connectivity index (χ1n) is 22.0. The largest absolute Gasteiger partial charge is 0.463 e. The molecule has 1 aliphatic rings. The van der Waals surface area contributed by atoms with Gasteiger partial charge in [-0.05, 0) is 93.4 Å². The van der Waals surface area contributed by atoms with Crippen molar-refractivity contribution in [1.29, 1.82) is 0 Å². The van der Waals surface area contributed by atoms with Crippen molar-refractivity contribution in [2.24, 2.45) is 11.3 Å². The molecule has 344 valence electrons. The molecule has 15 heteroatoms. The maximum absolute atomic E-state index is 13.8. The molecule has 1 fully saturated rings. The van der Waals surface area contributed by atoms with Gasteiger partial charge in [-0.25, -0.2) is 10.4 Å². The van der Waals surface area contributed by atoms with Crippen LogP contribution in [-0.2, 0) is 28.3 Å². The molecule has 64 heavy (non-hydrogen) atoms. The first-order chi connectivity index (χ1) is 29.9. The number of aromatic amines is 1. The van der Waals surface area contributed by atoms with E-state index in [0.717, 1.165) is 10.4 Å². The monoisotopic (exact) mass is 912 g/mol. The highest BCUT2D eigenvalue weighted by Crippen LogP contribution is 2.39. The van der Waals surface area contributed by atoms with Gasteiger partial charge in [0.15, 0.2) is 0 Å². The number of carbonyl (C=O) groups is 4. The third kappa shape index (κ3) is 11.9. The van der Waals surface area contributed by atoms with Crippen LogP contribution in [0.25, 0.3) is 17.0 Å². The highest BCUT2D eigenvalue weighted by Gasteiger charge is 2.51. The summed E-state index contributed by atoms with van der Waals surface area (Å²) in [6.07, 6.45) is 4.00. The average molecular weight is 914 g/mol. The van der Waals surface area contributed by atoms with E-state index in [4.69, 9.17) is 25.7 Å². The molecule has 3 amide bonds. The summed E-state index contributed by atoms with van der Waals surface area (Å²) in [6.45, 7) is 21.0. The lowest BCUT2D eigenvalue weighted by Gasteiger charge is -2.44. The Morgan fingerprint density at radius 3 is 2.08 bits per heavy atom. The van der Waals surface area contributed by atoms with Gasteiger partial charge in [0.1, 0.15) is 36.7 Å². The summed E-state index contributed by atoms with van der Waals surface area (Å²) >= 11 is 6.17. The van der Waals surface area contributed by atoms with Crippen molar-refractivity contribution >= 4 is 71.0 Å². The zero-order chi connectivity index (χ0) is 47.2. The van der Waals surface area contributed by atoms with Gasteiger partial charge in [-0.15, -0.1) is 11.6 Å². The maximum Gasteiger partial charge on any atom is 0.325 e. The van der Waals surface area contributed by atoms with Crippen molar-refractivity contribution in [3.8, 4) is 0 Å². The molecule has 0 radical (unpaired) electrons. The van der Waals surface area contributed by atoms with Gasteiger partial charge in [0.2, 0.25) is 11.8 Å². The SMILES string of the molecule is CC(C)[C@H](NC(=O)C(C)(C)/C=C/c1ccc2c(=O)[nH]c([C@@H](C)O[Si](c3ccccc3)(c3ccccc3)C(C)(C)C)nc2c1)C(=O)N[C@@H](C)C(=O)N1CCC[C@@H](C(=O)OCC(C)(C)Cl)N1. The van der Waals surface area contributed by atoms with Gasteiger partial charge in [0.05, 0.1) is 21.2 Å². The number of alkyl halides is 1. The predicted octanol–water partition coefficient (Wildman–Crippen LogP) is 6.30. The molecule has 0 saturated carbocycles. The van der Waals surface area contributed by atoms with Crippen LogP contribution >= 0.6 is 11.6 Å². The number of nitrogens with one attached hydrogen (secondary N) is 4. The molecule has 2 heterocycles. The van der Waals surface area contributed by atoms with Crippen LogP contribution in [0.15, 0.2) is 89.7 Å². The van der Waals surface area contributed by atoms with Crippen LogP contribution in [0.5, 0.6) is 0 Å². The van der Waals surface area contributed by atoms with Crippen molar-refractivity contribution in [2.75, 3.05) is 13.2 Å². The smallest absolute Gasteiger partial charge is 0.325 e. The van der Waals surface area contributed by atoms with E-state index in [1.807, 2.05) is 57.2 Å². The van der Waals surface area contributed by atoms with Gasteiger partial charge in [0, 0.05) is 6.54 Å². The third-order valence-electron chi connectivity index (χ3n) is 11.4. The van der Waals surface area contributed by atoms with Crippen molar-refractivity contribution in [1.82, 2.24) is 31.0 Å². The maximum atomic E-state index is 13.8. The number of hydrogen-bond donors (Lipinski definition) is 4. The zero-order valence-corrected chi connectivity index (χ0v) is 40.8. The van der Waals surface area contributed by atoms with Crippen molar-refractivity contribution in [3.63, 3.8) is 0 Å². The lowest BCUT2D eigenvalue weighted by atomic mass is 9.89. The average Bonchev–Trinajstić information content (AvgIpc) is 3.24. The summed E-state index contributed by atoms with van der Waals surface area (Å²) < 4.78 is 12.6. The number of rotatable bonds is 16. The second-order valence-corrected chi connectivity index (χ2v) is 24.5. The van der Waals surface area contributed by atoms with Crippen LogP contribution in [0.4, 0.5) is 0 Å². The van der Waals surface area contributed by atoms with Crippen molar-refractivity contribution in [3.05, 3.63) is 107 Å². The number of ether oxygens (including phenoxy) is 1. The molecule has 1 aliphatic heterocycles. The highest BCUT2D eigenvalue weighted by atomic mass is 35.5. The van der Waals surface area contributed by atoms with E-state index in [-0.39, 0.29) is 23.1 Å². The van der Waals surface area contributed by atoms with E-state index < -0.39 is 66.5 Å². The Kier molecular flexibility index (Phi) is 15.9. The minimum Gasteiger partial charge on any atom is -0.463 e. The van der Waals surface area contributed by atoms with Crippen LogP contribution in [0.2, 0.25) is 5.04 Å². The molecule has 4 atom stereocenters. The van der Waals surface area contributed by atoms with Gasteiger partial charge in [-0.1, -0.05) is 114 Å². The molecule has 1 aromatic heterocycles. The van der Waals surface area contributed by atoms with E-state index in [1.54, 1.807) is 65.0 Å². The molecular formula is C49H65ClN6O7Si. The molecule has 0 aliphatic carbocycles. The minimum absolute atomic E-state index is 0.0203. The van der Waals surface area contributed by atoms with Gasteiger partial charge in [-0.2, -0.15) is 0 Å². The summed E-state index contributed by atoms with van der Waals surface area (Å²) in [5.74, 6) is -1.76. The molecule has 4 aromatic rings. The number of aromatic nitrogens is 2. The molecular weight excluding hydrogens is 848 g/mol. The molecule has 0 bridgehead atoms. The first-order valence-corrected chi connectivity index (χ1v) is 24.3. The Balaban J connectivity index is 1.29. The number of esters is 1. The molecule has 0 unspecified atom stereocenters. The Hall–Kier alpha value is -5.15. The van der Waals surface area contributed by atoms with Crippen LogP contribution in [0, 0.1) is 11.3 Å². The Morgan fingerprint density at radius 2 is 1.52 bits per heavy atom. The quantitative estimate of drug-likeness (QED) is 0.0572. The lowest BCUT2D eigenvalue weighted by Crippen LogP contribution is -2.66. The van der Waals surface area contributed by atoms with E-state index in [1.165, 1.54) is 5.01 Å². The van der Waals surface area contributed by atoms with Gasteiger partial charge >= 0.3 is 5.97 Å². The molecule has 0 spiro atoms. The number of fused-ring (bicyclic) bond motifs is 1. The van der Waals surface area contributed by atoms with Crippen molar-refractivity contribution < 1.29 is 28.3 Å². The lowest BCUT2D eigenvalue weighted by molar-refractivity contribution is -0.153. The second-order valence-electron chi connectivity index (χ2n) is 19.3. The molecule has 1 saturated heterocycles. The normalized spacial score (nSPS) is 16.6. The van der Waals surface area contributed by atoms with Gasteiger partial charge in [0.25, 0.3) is 19.8 Å². The fraction of sp³-hybridized carbons (Fsp3) is 0.469.